The van der Waals surface area contributed by atoms with Gasteiger partial charge in [-0.3, -0.25) is 0 Å². The number of aliphatic hydroxyl groups excluding tert-OH is 1. The smallest absolute Gasteiger partial charge is 0.125 e. The van der Waals surface area contributed by atoms with Gasteiger partial charge in [-0.2, -0.15) is 0 Å². The Balaban J connectivity index is 1.96. The maximum atomic E-state index is 10.5. The molecule has 86 valence electrons. The van der Waals surface area contributed by atoms with Crippen LogP contribution in [0.1, 0.15) is 37.4 Å². The van der Waals surface area contributed by atoms with Crippen LogP contribution in [-0.2, 0) is 0 Å². The summed E-state index contributed by atoms with van der Waals surface area (Å²) in [5.74, 6) is 1.82. The number of aliphatic hydroxyl groups is 1. The van der Waals surface area contributed by atoms with E-state index in [4.69, 9.17) is 4.74 Å². The van der Waals surface area contributed by atoms with Gasteiger partial charge in [-0.1, -0.05) is 31.0 Å². The van der Waals surface area contributed by atoms with Crippen molar-refractivity contribution in [3.8, 4) is 5.75 Å². The highest BCUT2D eigenvalue weighted by Gasteiger charge is 2.35. The number of para-hydroxylation sites is 1. The standard InChI is InChI=1S/C14H18O2/c15-14-11-6-2-1-5-10(11)9-16-13-8-4-3-7-12(13)14/h3-4,7-8,10-11,14-15H,1-2,5-6,9H2/t10-,11+,14-/m1/s1. The summed E-state index contributed by atoms with van der Waals surface area (Å²) in [5, 5.41) is 10.5. The van der Waals surface area contributed by atoms with Crippen molar-refractivity contribution < 1.29 is 9.84 Å². The molecule has 0 aromatic heterocycles. The predicted octanol–water partition coefficient (Wildman–Crippen LogP) is 2.92. The third-order valence-corrected chi connectivity index (χ3v) is 4.06. The Bertz CT molecular complexity index is 375. The van der Waals surface area contributed by atoms with Crippen molar-refractivity contribution in [2.75, 3.05) is 6.61 Å². The predicted molar refractivity (Wildman–Crippen MR) is 62.3 cm³/mol. The molecule has 3 atom stereocenters. The third kappa shape index (κ3) is 1.61. The Hall–Kier alpha value is -1.02. The minimum atomic E-state index is -0.330. The van der Waals surface area contributed by atoms with Crippen LogP contribution >= 0.6 is 0 Å². The molecular weight excluding hydrogens is 200 g/mol. The molecule has 2 nitrogen and oxygen atoms in total. The van der Waals surface area contributed by atoms with Crippen LogP contribution in [0.2, 0.25) is 0 Å². The average Bonchev–Trinajstić information content (AvgIpc) is 2.49. The van der Waals surface area contributed by atoms with Gasteiger partial charge in [-0.15, -0.1) is 0 Å². The second kappa shape index (κ2) is 4.10. The summed E-state index contributed by atoms with van der Waals surface area (Å²) in [6.07, 6.45) is 4.55. The van der Waals surface area contributed by atoms with E-state index in [0.29, 0.717) is 11.8 Å². The Labute approximate surface area is 96.2 Å². The summed E-state index contributed by atoms with van der Waals surface area (Å²) < 4.78 is 5.83. The first-order valence-corrected chi connectivity index (χ1v) is 6.26. The number of hydrogen-bond acceptors (Lipinski definition) is 2. The minimum absolute atomic E-state index is 0.330. The quantitative estimate of drug-likeness (QED) is 0.725. The summed E-state index contributed by atoms with van der Waals surface area (Å²) in [6, 6.07) is 7.92. The lowest BCUT2D eigenvalue weighted by molar-refractivity contribution is 0.0422. The highest BCUT2D eigenvalue weighted by atomic mass is 16.5. The van der Waals surface area contributed by atoms with Gasteiger partial charge in [0.2, 0.25) is 0 Å². The van der Waals surface area contributed by atoms with Gasteiger partial charge < -0.3 is 9.84 Å². The highest BCUT2D eigenvalue weighted by molar-refractivity contribution is 5.36. The molecule has 1 N–H and O–H groups in total. The highest BCUT2D eigenvalue weighted by Crippen LogP contribution is 2.43. The summed E-state index contributed by atoms with van der Waals surface area (Å²) >= 11 is 0. The van der Waals surface area contributed by atoms with E-state index in [1.165, 1.54) is 19.3 Å². The molecule has 0 bridgehead atoms. The van der Waals surface area contributed by atoms with E-state index in [9.17, 15) is 5.11 Å². The minimum Gasteiger partial charge on any atom is -0.493 e. The molecule has 16 heavy (non-hydrogen) atoms. The van der Waals surface area contributed by atoms with E-state index in [-0.39, 0.29) is 6.10 Å². The number of rotatable bonds is 0. The van der Waals surface area contributed by atoms with Gasteiger partial charge in [0.15, 0.2) is 0 Å². The second-order valence-electron chi connectivity index (χ2n) is 5.00. The molecule has 1 fully saturated rings. The molecule has 0 amide bonds. The topological polar surface area (TPSA) is 29.5 Å². The molecule has 0 unspecified atom stereocenters. The molecule has 2 aliphatic rings. The van der Waals surface area contributed by atoms with Gasteiger partial charge in [0, 0.05) is 5.56 Å². The molecule has 0 spiro atoms. The molecule has 1 aromatic carbocycles. The van der Waals surface area contributed by atoms with Crippen molar-refractivity contribution in [1.82, 2.24) is 0 Å². The van der Waals surface area contributed by atoms with Gasteiger partial charge in [-0.25, -0.2) is 0 Å². The van der Waals surface area contributed by atoms with Crippen LogP contribution in [-0.4, -0.2) is 11.7 Å². The Morgan fingerprint density at radius 2 is 1.94 bits per heavy atom. The lowest BCUT2D eigenvalue weighted by Gasteiger charge is -2.31. The number of ether oxygens (including phenoxy) is 1. The van der Waals surface area contributed by atoms with Crippen LogP contribution in [0.25, 0.3) is 0 Å². The van der Waals surface area contributed by atoms with Gasteiger partial charge in [0.25, 0.3) is 0 Å². The van der Waals surface area contributed by atoms with Crippen LogP contribution < -0.4 is 4.74 Å². The lowest BCUT2D eigenvalue weighted by atomic mass is 9.75. The molecule has 1 saturated carbocycles. The molecule has 0 radical (unpaired) electrons. The monoisotopic (exact) mass is 218 g/mol. The van der Waals surface area contributed by atoms with E-state index in [1.54, 1.807) is 0 Å². The van der Waals surface area contributed by atoms with Crippen molar-refractivity contribution in [3.05, 3.63) is 29.8 Å². The molecule has 3 rings (SSSR count). The van der Waals surface area contributed by atoms with Gasteiger partial charge in [-0.05, 0) is 30.7 Å². The zero-order valence-corrected chi connectivity index (χ0v) is 9.43. The SMILES string of the molecule is O[C@H]1c2ccccc2OC[C@H]2CCCC[C@@H]21. The fourth-order valence-corrected chi connectivity index (χ4v) is 3.14. The summed E-state index contributed by atoms with van der Waals surface area (Å²) in [6.45, 7) is 0.777. The van der Waals surface area contributed by atoms with Crippen LogP contribution in [0.3, 0.4) is 0 Å². The Kier molecular flexibility index (Phi) is 2.60. The van der Waals surface area contributed by atoms with Crippen molar-refractivity contribution in [1.29, 1.82) is 0 Å². The Morgan fingerprint density at radius 1 is 1.12 bits per heavy atom. The molecule has 0 saturated heterocycles. The van der Waals surface area contributed by atoms with E-state index in [2.05, 4.69) is 0 Å². The third-order valence-electron chi connectivity index (χ3n) is 4.06. The Morgan fingerprint density at radius 3 is 2.88 bits per heavy atom. The molecular formula is C14H18O2. The molecule has 1 aromatic rings. The van der Waals surface area contributed by atoms with E-state index < -0.39 is 0 Å². The maximum Gasteiger partial charge on any atom is 0.125 e. The van der Waals surface area contributed by atoms with Crippen molar-refractivity contribution in [2.45, 2.75) is 31.8 Å². The number of fused-ring (bicyclic) bond motifs is 2. The van der Waals surface area contributed by atoms with Crippen LogP contribution in [0.15, 0.2) is 24.3 Å². The van der Waals surface area contributed by atoms with E-state index >= 15 is 0 Å². The summed E-state index contributed by atoms with van der Waals surface area (Å²) in [4.78, 5) is 0. The normalized spacial score (nSPS) is 33.2. The van der Waals surface area contributed by atoms with Crippen LogP contribution in [0, 0.1) is 11.8 Å². The van der Waals surface area contributed by atoms with Crippen molar-refractivity contribution in [3.63, 3.8) is 0 Å². The first-order chi connectivity index (χ1) is 7.86. The molecule has 1 aliphatic heterocycles. The summed E-state index contributed by atoms with van der Waals surface area (Å²) in [7, 11) is 0. The zero-order valence-electron chi connectivity index (χ0n) is 9.43. The average molecular weight is 218 g/mol. The largest absolute Gasteiger partial charge is 0.493 e. The molecule has 2 heteroatoms. The van der Waals surface area contributed by atoms with Gasteiger partial charge in [0.05, 0.1) is 12.7 Å². The summed E-state index contributed by atoms with van der Waals surface area (Å²) in [5.41, 5.74) is 0.983. The first-order valence-electron chi connectivity index (χ1n) is 6.26. The van der Waals surface area contributed by atoms with Gasteiger partial charge >= 0.3 is 0 Å². The van der Waals surface area contributed by atoms with E-state index in [1.807, 2.05) is 24.3 Å². The van der Waals surface area contributed by atoms with Gasteiger partial charge in [0.1, 0.15) is 5.75 Å². The zero-order chi connectivity index (χ0) is 11.0. The molecule has 1 heterocycles. The van der Waals surface area contributed by atoms with Crippen LogP contribution in [0.4, 0.5) is 0 Å². The van der Waals surface area contributed by atoms with Crippen molar-refractivity contribution >= 4 is 0 Å². The number of benzene rings is 1. The van der Waals surface area contributed by atoms with E-state index in [0.717, 1.165) is 24.3 Å². The maximum absolute atomic E-state index is 10.5. The fourth-order valence-electron chi connectivity index (χ4n) is 3.14. The van der Waals surface area contributed by atoms with Crippen LogP contribution in [0.5, 0.6) is 5.75 Å². The molecule has 1 aliphatic carbocycles. The lowest BCUT2D eigenvalue weighted by Crippen LogP contribution is -2.27. The number of hydrogen-bond donors (Lipinski definition) is 1. The fraction of sp³-hybridized carbons (Fsp3) is 0.571. The first kappa shape index (κ1) is 10.2. The second-order valence-corrected chi connectivity index (χ2v) is 5.00. The van der Waals surface area contributed by atoms with Crippen molar-refractivity contribution in [2.24, 2.45) is 11.8 Å².